The van der Waals surface area contributed by atoms with E-state index < -0.39 is 10.0 Å². The summed E-state index contributed by atoms with van der Waals surface area (Å²) < 4.78 is 26.8. The van der Waals surface area contributed by atoms with Crippen LogP contribution in [0.4, 0.5) is 5.82 Å². The van der Waals surface area contributed by atoms with Gasteiger partial charge in [-0.05, 0) is 23.6 Å². The number of hydrogen-bond donors (Lipinski definition) is 3. The van der Waals surface area contributed by atoms with Gasteiger partial charge in [-0.25, -0.2) is 13.1 Å². The minimum absolute atomic E-state index is 0.108. The number of aromatic nitrogens is 2. The number of sulfonamides is 1. The largest absolute Gasteiger partial charge is 0.384 e. The van der Waals surface area contributed by atoms with Crippen molar-refractivity contribution in [2.24, 2.45) is 0 Å². The maximum Gasteiger partial charge on any atom is 0.240 e. The molecule has 1 aromatic carbocycles. The topological polar surface area (TPSA) is 101 Å². The second-order valence-electron chi connectivity index (χ2n) is 4.86. The van der Waals surface area contributed by atoms with Gasteiger partial charge >= 0.3 is 0 Å². The van der Waals surface area contributed by atoms with Gasteiger partial charge in [-0.2, -0.15) is 5.10 Å². The first-order valence-corrected chi connectivity index (χ1v) is 7.76. The number of nitrogens with zero attached hydrogens (tertiary/aromatic N) is 1. The Hall–Kier alpha value is -1.86. The van der Waals surface area contributed by atoms with Crippen molar-refractivity contribution >= 4 is 15.8 Å². The van der Waals surface area contributed by atoms with Crippen LogP contribution in [0.5, 0.6) is 0 Å². The zero-order chi connectivity index (χ0) is 14.8. The van der Waals surface area contributed by atoms with Gasteiger partial charge in [0.1, 0.15) is 5.82 Å². The molecule has 4 N–H and O–H groups in total. The Balaban J connectivity index is 2.12. The van der Waals surface area contributed by atoms with Gasteiger partial charge in [-0.15, -0.1) is 0 Å². The first-order chi connectivity index (χ1) is 9.40. The van der Waals surface area contributed by atoms with Crippen LogP contribution in [0.2, 0.25) is 0 Å². The fourth-order valence-electron chi connectivity index (χ4n) is 1.75. The Morgan fingerprint density at radius 3 is 2.45 bits per heavy atom. The Labute approximate surface area is 118 Å². The molecule has 0 aliphatic heterocycles. The van der Waals surface area contributed by atoms with E-state index in [0.29, 0.717) is 17.3 Å². The lowest BCUT2D eigenvalue weighted by Crippen LogP contribution is -2.23. The van der Waals surface area contributed by atoms with Crippen LogP contribution >= 0.6 is 0 Å². The van der Waals surface area contributed by atoms with Crippen molar-refractivity contribution in [1.29, 1.82) is 0 Å². The molecule has 0 aliphatic carbocycles. The predicted molar refractivity (Wildman–Crippen MR) is 77.6 cm³/mol. The number of nitrogens with two attached hydrogens (primary N) is 1. The van der Waals surface area contributed by atoms with Crippen LogP contribution < -0.4 is 10.5 Å². The lowest BCUT2D eigenvalue weighted by Gasteiger charge is -2.09. The summed E-state index contributed by atoms with van der Waals surface area (Å²) in [6.45, 7) is 4.23. The number of nitrogens with one attached hydrogen (secondary N) is 2. The van der Waals surface area contributed by atoms with E-state index in [9.17, 15) is 8.42 Å². The van der Waals surface area contributed by atoms with Gasteiger partial charge < -0.3 is 5.73 Å². The molecule has 0 saturated carbocycles. The molecular weight excluding hydrogens is 276 g/mol. The van der Waals surface area contributed by atoms with Gasteiger partial charge in [0.2, 0.25) is 10.0 Å². The van der Waals surface area contributed by atoms with Crippen molar-refractivity contribution in [2.45, 2.75) is 31.2 Å². The molecule has 2 aromatic rings. The standard InChI is InChI=1S/C13H18N4O2S/c1-9(2)10-3-5-12(6-4-10)20(18,19)16-8-11-7-15-17-13(11)14/h3-7,9,16H,8H2,1-2H3,(H3,14,15,17). The van der Waals surface area contributed by atoms with Crippen molar-refractivity contribution in [3.05, 3.63) is 41.6 Å². The van der Waals surface area contributed by atoms with E-state index in [1.165, 1.54) is 6.20 Å². The number of hydrogen-bond acceptors (Lipinski definition) is 4. The molecule has 0 spiro atoms. The second kappa shape index (κ2) is 5.64. The molecule has 0 amide bonds. The molecule has 0 aliphatic rings. The molecule has 1 aromatic heterocycles. The summed E-state index contributed by atoms with van der Waals surface area (Å²) in [4.78, 5) is 0.240. The van der Waals surface area contributed by atoms with Gasteiger partial charge in [0, 0.05) is 12.1 Å². The number of nitrogen functional groups attached to an aromatic ring is 1. The lowest BCUT2D eigenvalue weighted by atomic mass is 10.0. The van der Waals surface area contributed by atoms with Crippen LogP contribution in [0.25, 0.3) is 0 Å². The third-order valence-corrected chi connectivity index (χ3v) is 4.48. The highest BCUT2D eigenvalue weighted by atomic mass is 32.2. The van der Waals surface area contributed by atoms with E-state index in [0.717, 1.165) is 5.56 Å². The van der Waals surface area contributed by atoms with Gasteiger partial charge in [0.15, 0.2) is 0 Å². The monoisotopic (exact) mass is 294 g/mol. The number of anilines is 1. The number of aromatic amines is 1. The first-order valence-electron chi connectivity index (χ1n) is 6.27. The molecule has 20 heavy (non-hydrogen) atoms. The van der Waals surface area contributed by atoms with Gasteiger partial charge in [-0.3, -0.25) is 5.10 Å². The van der Waals surface area contributed by atoms with E-state index in [2.05, 4.69) is 28.8 Å². The van der Waals surface area contributed by atoms with Crippen LogP contribution in [0.1, 0.15) is 30.9 Å². The van der Waals surface area contributed by atoms with Crippen molar-refractivity contribution < 1.29 is 8.42 Å². The van der Waals surface area contributed by atoms with E-state index in [1.807, 2.05) is 12.1 Å². The maximum atomic E-state index is 12.1. The molecule has 1 heterocycles. The number of H-pyrrole nitrogens is 1. The summed E-state index contributed by atoms with van der Waals surface area (Å²) in [5.74, 6) is 0.730. The molecule has 108 valence electrons. The van der Waals surface area contributed by atoms with Gasteiger partial charge in [0.05, 0.1) is 11.1 Å². The van der Waals surface area contributed by atoms with Crippen LogP contribution in [0, 0.1) is 0 Å². The summed E-state index contributed by atoms with van der Waals surface area (Å²) in [6.07, 6.45) is 1.50. The van der Waals surface area contributed by atoms with Crippen molar-refractivity contribution in [3.63, 3.8) is 0 Å². The zero-order valence-corrected chi connectivity index (χ0v) is 12.2. The molecular formula is C13H18N4O2S. The molecule has 7 heteroatoms. The van der Waals surface area contributed by atoms with Crippen LogP contribution in [0.15, 0.2) is 35.4 Å². The lowest BCUT2D eigenvalue weighted by molar-refractivity contribution is 0.581. The normalized spacial score (nSPS) is 11.9. The van der Waals surface area contributed by atoms with Crippen molar-refractivity contribution in [2.75, 3.05) is 5.73 Å². The zero-order valence-electron chi connectivity index (χ0n) is 11.4. The van der Waals surface area contributed by atoms with E-state index in [4.69, 9.17) is 5.73 Å². The van der Waals surface area contributed by atoms with Crippen LogP contribution in [-0.2, 0) is 16.6 Å². The van der Waals surface area contributed by atoms with Crippen LogP contribution in [-0.4, -0.2) is 18.6 Å². The molecule has 0 saturated heterocycles. The minimum atomic E-state index is -3.54. The fraction of sp³-hybridized carbons (Fsp3) is 0.308. The smallest absolute Gasteiger partial charge is 0.240 e. The molecule has 0 radical (unpaired) electrons. The number of rotatable bonds is 5. The average Bonchev–Trinajstić information content (AvgIpc) is 2.82. The Bertz CT molecular complexity index is 675. The molecule has 0 unspecified atom stereocenters. The SMILES string of the molecule is CC(C)c1ccc(S(=O)(=O)NCc2cn[nH]c2N)cc1. The molecule has 6 nitrogen and oxygen atoms in total. The first kappa shape index (κ1) is 14.5. The highest BCUT2D eigenvalue weighted by Crippen LogP contribution is 2.17. The minimum Gasteiger partial charge on any atom is -0.384 e. The summed E-state index contributed by atoms with van der Waals surface area (Å²) in [5.41, 5.74) is 7.33. The summed E-state index contributed by atoms with van der Waals surface area (Å²) in [7, 11) is -3.54. The third kappa shape index (κ3) is 3.17. The average molecular weight is 294 g/mol. The summed E-state index contributed by atoms with van der Waals surface area (Å²) in [6, 6.07) is 6.86. The Morgan fingerprint density at radius 1 is 1.30 bits per heavy atom. The predicted octanol–water partition coefficient (Wildman–Crippen LogP) is 1.59. The summed E-state index contributed by atoms with van der Waals surface area (Å²) in [5, 5.41) is 6.30. The second-order valence-corrected chi connectivity index (χ2v) is 6.62. The molecule has 2 rings (SSSR count). The maximum absolute atomic E-state index is 12.1. The highest BCUT2D eigenvalue weighted by molar-refractivity contribution is 7.89. The third-order valence-electron chi connectivity index (χ3n) is 3.06. The van der Waals surface area contributed by atoms with Gasteiger partial charge in [-0.1, -0.05) is 26.0 Å². The van der Waals surface area contributed by atoms with E-state index in [-0.39, 0.29) is 11.4 Å². The van der Waals surface area contributed by atoms with Crippen molar-refractivity contribution in [3.8, 4) is 0 Å². The Kier molecular flexibility index (Phi) is 4.10. The quantitative estimate of drug-likeness (QED) is 0.779. The molecule has 0 atom stereocenters. The highest BCUT2D eigenvalue weighted by Gasteiger charge is 2.15. The summed E-state index contributed by atoms with van der Waals surface area (Å²) >= 11 is 0. The van der Waals surface area contributed by atoms with E-state index in [1.54, 1.807) is 12.1 Å². The van der Waals surface area contributed by atoms with Gasteiger partial charge in [0.25, 0.3) is 0 Å². The molecule has 0 bridgehead atoms. The molecule has 0 fully saturated rings. The Morgan fingerprint density at radius 2 is 1.95 bits per heavy atom. The van der Waals surface area contributed by atoms with E-state index >= 15 is 0 Å². The van der Waals surface area contributed by atoms with Crippen molar-refractivity contribution in [1.82, 2.24) is 14.9 Å². The van der Waals surface area contributed by atoms with Crippen LogP contribution in [0.3, 0.4) is 0 Å². The fourth-order valence-corrected chi connectivity index (χ4v) is 2.76. The number of benzene rings is 1.